The Hall–Kier alpha value is -1.39. The minimum absolute atomic E-state index is 0.0892. The van der Waals surface area contributed by atoms with Crippen LogP contribution in [0.1, 0.15) is 18.9 Å². The van der Waals surface area contributed by atoms with Crippen molar-refractivity contribution in [3.8, 4) is 17.0 Å². The predicted molar refractivity (Wildman–Crippen MR) is 74.2 cm³/mol. The van der Waals surface area contributed by atoms with Gasteiger partial charge < -0.3 is 9.84 Å². The van der Waals surface area contributed by atoms with Gasteiger partial charge in [-0.05, 0) is 12.1 Å². The van der Waals surface area contributed by atoms with Crippen LogP contribution in [0.3, 0.4) is 0 Å². The molecule has 0 radical (unpaired) electrons. The molecule has 0 saturated heterocycles. The van der Waals surface area contributed by atoms with Gasteiger partial charge in [-0.15, -0.1) is 11.3 Å². The first-order valence-corrected chi connectivity index (χ1v) is 6.66. The zero-order chi connectivity index (χ0) is 13.2. The van der Waals surface area contributed by atoms with Crippen LogP contribution in [0.15, 0.2) is 29.6 Å². The number of aliphatic hydroxyl groups is 1. The van der Waals surface area contributed by atoms with Crippen LogP contribution in [0.25, 0.3) is 11.3 Å². The lowest BCUT2D eigenvalue weighted by atomic mass is 9.96. The number of methoxy groups -OCH3 is 1. The molecule has 2 aromatic rings. The number of aliphatic hydroxyl groups excluding tert-OH is 1. The number of nitrogens with zero attached hydrogens (tertiary/aromatic N) is 1. The number of para-hydroxylation sites is 1. The van der Waals surface area contributed by atoms with E-state index in [1.165, 1.54) is 0 Å². The highest BCUT2D eigenvalue weighted by atomic mass is 32.1. The predicted octanol–water partition coefficient (Wildman–Crippen LogP) is 3.09. The summed E-state index contributed by atoms with van der Waals surface area (Å²) in [6, 6.07) is 7.82. The van der Waals surface area contributed by atoms with Crippen LogP contribution < -0.4 is 4.74 Å². The maximum Gasteiger partial charge on any atom is 0.128 e. The Balaban J connectivity index is 2.41. The first-order valence-electron chi connectivity index (χ1n) is 5.79. The Morgan fingerprint density at radius 3 is 2.72 bits per heavy atom. The van der Waals surface area contributed by atoms with Crippen LogP contribution in [-0.4, -0.2) is 23.8 Å². The maximum atomic E-state index is 9.37. The smallest absolute Gasteiger partial charge is 0.128 e. The van der Waals surface area contributed by atoms with E-state index in [2.05, 4.69) is 4.98 Å². The van der Waals surface area contributed by atoms with E-state index in [1.807, 2.05) is 43.5 Å². The van der Waals surface area contributed by atoms with E-state index < -0.39 is 0 Å². The lowest BCUT2D eigenvalue weighted by molar-refractivity contribution is 0.218. The Bertz CT molecular complexity index is 534. The van der Waals surface area contributed by atoms with Crippen molar-refractivity contribution in [2.45, 2.75) is 19.3 Å². The molecule has 1 heterocycles. The molecule has 1 aromatic heterocycles. The van der Waals surface area contributed by atoms with Crippen LogP contribution in [0.5, 0.6) is 5.75 Å². The summed E-state index contributed by atoms with van der Waals surface area (Å²) in [5, 5.41) is 12.3. The van der Waals surface area contributed by atoms with Crippen molar-refractivity contribution in [2.75, 3.05) is 13.7 Å². The summed E-state index contributed by atoms with van der Waals surface area (Å²) in [6.45, 7) is 4.06. The van der Waals surface area contributed by atoms with Crippen LogP contribution >= 0.6 is 11.3 Å². The second kappa shape index (κ2) is 5.08. The Morgan fingerprint density at radius 2 is 2.06 bits per heavy atom. The van der Waals surface area contributed by atoms with Gasteiger partial charge in [-0.2, -0.15) is 0 Å². The average molecular weight is 263 g/mol. The molecule has 0 aliphatic heterocycles. The van der Waals surface area contributed by atoms with Gasteiger partial charge in [0.15, 0.2) is 0 Å². The molecule has 3 nitrogen and oxygen atoms in total. The van der Waals surface area contributed by atoms with Crippen molar-refractivity contribution in [2.24, 2.45) is 0 Å². The van der Waals surface area contributed by atoms with Crippen molar-refractivity contribution in [1.82, 2.24) is 4.98 Å². The third-order valence-corrected chi connectivity index (χ3v) is 4.07. The fraction of sp³-hybridized carbons (Fsp3) is 0.357. The molecule has 0 saturated carbocycles. The summed E-state index contributed by atoms with van der Waals surface area (Å²) >= 11 is 1.57. The highest BCUT2D eigenvalue weighted by Crippen LogP contribution is 2.33. The van der Waals surface area contributed by atoms with Crippen molar-refractivity contribution in [3.63, 3.8) is 0 Å². The molecule has 1 N–H and O–H groups in total. The van der Waals surface area contributed by atoms with Gasteiger partial charge in [-0.25, -0.2) is 4.98 Å². The van der Waals surface area contributed by atoms with Gasteiger partial charge in [0.05, 0.1) is 19.4 Å². The van der Waals surface area contributed by atoms with Crippen molar-refractivity contribution < 1.29 is 9.84 Å². The number of hydrogen-bond donors (Lipinski definition) is 1. The highest BCUT2D eigenvalue weighted by Gasteiger charge is 2.24. The molecule has 0 amide bonds. The van der Waals surface area contributed by atoms with Crippen LogP contribution in [0, 0.1) is 0 Å². The number of thiazole rings is 1. The molecule has 96 valence electrons. The molecule has 0 spiro atoms. The van der Waals surface area contributed by atoms with Crippen LogP contribution in [0.2, 0.25) is 0 Å². The Kier molecular flexibility index (Phi) is 3.68. The van der Waals surface area contributed by atoms with Gasteiger partial charge in [-0.3, -0.25) is 0 Å². The molecule has 0 fully saturated rings. The summed E-state index contributed by atoms with van der Waals surface area (Å²) in [6.07, 6.45) is 0. The third-order valence-electron chi connectivity index (χ3n) is 2.86. The van der Waals surface area contributed by atoms with Gasteiger partial charge >= 0.3 is 0 Å². The Morgan fingerprint density at radius 1 is 1.33 bits per heavy atom. The monoisotopic (exact) mass is 263 g/mol. The first kappa shape index (κ1) is 13.1. The lowest BCUT2D eigenvalue weighted by Crippen LogP contribution is -2.21. The first-order chi connectivity index (χ1) is 8.58. The molecule has 0 atom stereocenters. The molecular weight excluding hydrogens is 246 g/mol. The quantitative estimate of drug-likeness (QED) is 0.921. The van der Waals surface area contributed by atoms with E-state index in [1.54, 1.807) is 18.4 Å². The van der Waals surface area contributed by atoms with Gasteiger partial charge in [0.1, 0.15) is 10.8 Å². The molecule has 1 aromatic carbocycles. The zero-order valence-corrected chi connectivity index (χ0v) is 11.6. The van der Waals surface area contributed by atoms with Crippen molar-refractivity contribution in [1.29, 1.82) is 0 Å². The molecule has 0 aliphatic carbocycles. The second-order valence-electron chi connectivity index (χ2n) is 4.78. The lowest BCUT2D eigenvalue weighted by Gasteiger charge is -2.17. The topological polar surface area (TPSA) is 42.4 Å². The molecule has 18 heavy (non-hydrogen) atoms. The minimum Gasteiger partial charge on any atom is -0.496 e. The summed E-state index contributed by atoms with van der Waals surface area (Å²) in [5.41, 5.74) is 1.58. The number of benzene rings is 1. The van der Waals surface area contributed by atoms with Crippen LogP contribution in [-0.2, 0) is 5.41 Å². The third kappa shape index (κ3) is 2.40. The van der Waals surface area contributed by atoms with Gasteiger partial charge in [-0.1, -0.05) is 26.0 Å². The minimum atomic E-state index is -0.301. The second-order valence-corrected chi connectivity index (χ2v) is 5.64. The van der Waals surface area contributed by atoms with E-state index in [0.29, 0.717) is 0 Å². The van der Waals surface area contributed by atoms with Gasteiger partial charge in [0, 0.05) is 16.4 Å². The summed E-state index contributed by atoms with van der Waals surface area (Å²) in [5.74, 6) is 0.816. The molecule has 0 aliphatic rings. The number of rotatable bonds is 4. The van der Waals surface area contributed by atoms with E-state index >= 15 is 0 Å². The largest absolute Gasteiger partial charge is 0.496 e. The molecule has 0 unspecified atom stereocenters. The maximum absolute atomic E-state index is 9.37. The number of hydrogen-bond acceptors (Lipinski definition) is 4. The van der Waals surface area contributed by atoms with Crippen molar-refractivity contribution in [3.05, 3.63) is 34.7 Å². The van der Waals surface area contributed by atoms with E-state index in [-0.39, 0.29) is 12.0 Å². The van der Waals surface area contributed by atoms with E-state index in [4.69, 9.17) is 4.74 Å². The Labute approximate surface area is 111 Å². The molecule has 0 bridgehead atoms. The molecule has 4 heteroatoms. The summed E-state index contributed by atoms with van der Waals surface area (Å²) < 4.78 is 5.34. The zero-order valence-electron chi connectivity index (χ0n) is 10.8. The standard InChI is InChI=1S/C14H17NO2S/c1-14(2,9-16)13-15-11(8-18-13)10-6-4-5-7-12(10)17-3/h4-8,16H,9H2,1-3H3. The SMILES string of the molecule is COc1ccccc1-c1csc(C(C)(C)CO)n1. The summed E-state index contributed by atoms with van der Waals surface area (Å²) in [4.78, 5) is 4.61. The molecular formula is C14H17NO2S. The van der Waals surface area contributed by atoms with E-state index in [0.717, 1.165) is 22.0 Å². The average Bonchev–Trinajstić information content (AvgIpc) is 2.89. The number of ether oxygens (including phenoxy) is 1. The normalized spacial score (nSPS) is 11.6. The van der Waals surface area contributed by atoms with Crippen LogP contribution in [0.4, 0.5) is 0 Å². The van der Waals surface area contributed by atoms with E-state index in [9.17, 15) is 5.11 Å². The fourth-order valence-corrected chi connectivity index (χ4v) is 2.57. The van der Waals surface area contributed by atoms with Gasteiger partial charge in [0.25, 0.3) is 0 Å². The van der Waals surface area contributed by atoms with Crippen molar-refractivity contribution >= 4 is 11.3 Å². The molecule has 2 rings (SSSR count). The summed E-state index contributed by atoms with van der Waals surface area (Å²) in [7, 11) is 1.66. The highest BCUT2D eigenvalue weighted by molar-refractivity contribution is 7.10. The number of aromatic nitrogens is 1. The van der Waals surface area contributed by atoms with Gasteiger partial charge in [0.2, 0.25) is 0 Å². The fourth-order valence-electron chi connectivity index (χ4n) is 1.63.